The number of benzene rings is 3. The van der Waals surface area contributed by atoms with Crippen LogP contribution in [0.1, 0.15) is 22.7 Å². The highest BCUT2D eigenvalue weighted by atomic mass is 19.1. The molecule has 3 aromatic carbocycles. The largest absolute Gasteiger partial charge is 0.503 e. The fourth-order valence-electron chi connectivity index (χ4n) is 3.84. The quantitative estimate of drug-likeness (QED) is 0.635. The number of hydrogen-bond donors (Lipinski definition) is 1. The summed E-state index contributed by atoms with van der Waals surface area (Å²) in [6, 6.07) is 22.6. The molecular formula is C25H22FNO3. The van der Waals surface area contributed by atoms with Gasteiger partial charge < -0.3 is 14.7 Å². The SMILES string of the molecule is COc1ccc(C2=C(O)C(=O)N(CCc3ccccc3)[C@@H]2c2ccc(F)cc2)cc1. The van der Waals surface area contributed by atoms with Crippen LogP contribution in [0.25, 0.3) is 5.57 Å². The lowest BCUT2D eigenvalue weighted by atomic mass is 9.93. The molecule has 1 heterocycles. The first-order valence-corrected chi connectivity index (χ1v) is 9.76. The lowest BCUT2D eigenvalue weighted by Crippen LogP contribution is -2.32. The number of rotatable bonds is 6. The molecule has 1 amide bonds. The van der Waals surface area contributed by atoms with Crippen molar-refractivity contribution in [3.8, 4) is 5.75 Å². The third-order valence-electron chi connectivity index (χ3n) is 5.37. The number of ether oxygens (including phenoxy) is 1. The smallest absolute Gasteiger partial charge is 0.289 e. The molecule has 0 radical (unpaired) electrons. The van der Waals surface area contributed by atoms with Gasteiger partial charge in [-0.1, -0.05) is 54.6 Å². The van der Waals surface area contributed by atoms with Crippen molar-refractivity contribution in [2.45, 2.75) is 12.5 Å². The minimum atomic E-state index is -0.504. The van der Waals surface area contributed by atoms with E-state index >= 15 is 0 Å². The Morgan fingerprint density at radius 3 is 2.27 bits per heavy atom. The van der Waals surface area contributed by atoms with E-state index < -0.39 is 11.9 Å². The molecule has 0 unspecified atom stereocenters. The Bertz CT molecular complexity index is 1060. The monoisotopic (exact) mass is 403 g/mol. The van der Waals surface area contributed by atoms with Crippen molar-refractivity contribution >= 4 is 11.5 Å². The van der Waals surface area contributed by atoms with Gasteiger partial charge in [0.1, 0.15) is 11.6 Å². The molecule has 0 saturated heterocycles. The van der Waals surface area contributed by atoms with Crippen molar-refractivity contribution in [3.05, 3.63) is 107 Å². The zero-order chi connectivity index (χ0) is 21.1. The third-order valence-corrected chi connectivity index (χ3v) is 5.37. The molecule has 0 spiro atoms. The molecule has 152 valence electrons. The van der Waals surface area contributed by atoms with E-state index in [0.29, 0.717) is 24.3 Å². The minimum absolute atomic E-state index is 0.275. The number of carbonyl (C=O) groups is 1. The Kier molecular flexibility index (Phi) is 5.53. The first-order valence-electron chi connectivity index (χ1n) is 9.76. The number of nitrogens with zero attached hydrogens (tertiary/aromatic N) is 1. The van der Waals surface area contributed by atoms with Gasteiger partial charge in [-0.15, -0.1) is 0 Å². The summed E-state index contributed by atoms with van der Waals surface area (Å²) in [5.41, 5.74) is 3.08. The molecule has 4 rings (SSSR count). The Morgan fingerprint density at radius 1 is 0.967 bits per heavy atom. The predicted octanol–water partition coefficient (Wildman–Crippen LogP) is 4.93. The van der Waals surface area contributed by atoms with Crippen LogP contribution in [0, 0.1) is 5.82 Å². The van der Waals surface area contributed by atoms with Gasteiger partial charge in [0.25, 0.3) is 5.91 Å². The highest BCUT2D eigenvalue weighted by molar-refractivity contribution is 6.05. The summed E-state index contributed by atoms with van der Waals surface area (Å²) in [5.74, 6) is -0.367. The van der Waals surface area contributed by atoms with E-state index in [-0.39, 0.29) is 11.6 Å². The topological polar surface area (TPSA) is 49.8 Å². The fraction of sp³-hybridized carbons (Fsp3) is 0.160. The van der Waals surface area contributed by atoms with Crippen LogP contribution in [0.15, 0.2) is 84.6 Å². The van der Waals surface area contributed by atoms with E-state index in [4.69, 9.17) is 4.74 Å². The Balaban J connectivity index is 1.72. The van der Waals surface area contributed by atoms with Crippen LogP contribution in [0.3, 0.4) is 0 Å². The maximum absolute atomic E-state index is 13.5. The summed E-state index contributed by atoms with van der Waals surface area (Å²) in [4.78, 5) is 14.7. The fourth-order valence-corrected chi connectivity index (χ4v) is 3.84. The molecule has 1 aliphatic heterocycles. The number of aliphatic hydroxyl groups is 1. The van der Waals surface area contributed by atoms with Gasteiger partial charge in [0, 0.05) is 12.1 Å². The molecule has 1 aliphatic rings. The van der Waals surface area contributed by atoms with Crippen molar-refractivity contribution in [2.24, 2.45) is 0 Å². The first-order chi connectivity index (χ1) is 14.6. The highest BCUT2D eigenvalue weighted by Crippen LogP contribution is 2.43. The van der Waals surface area contributed by atoms with Gasteiger partial charge in [0.2, 0.25) is 0 Å². The van der Waals surface area contributed by atoms with Crippen LogP contribution in [0.2, 0.25) is 0 Å². The Hall–Kier alpha value is -3.60. The molecule has 30 heavy (non-hydrogen) atoms. The molecule has 5 heteroatoms. The van der Waals surface area contributed by atoms with E-state index in [1.54, 1.807) is 36.3 Å². The van der Waals surface area contributed by atoms with E-state index in [9.17, 15) is 14.3 Å². The lowest BCUT2D eigenvalue weighted by Gasteiger charge is -2.27. The molecule has 0 bridgehead atoms. The summed E-state index contributed by atoms with van der Waals surface area (Å²) in [6.07, 6.45) is 0.646. The van der Waals surface area contributed by atoms with Crippen LogP contribution in [0.5, 0.6) is 5.75 Å². The minimum Gasteiger partial charge on any atom is -0.503 e. The average molecular weight is 403 g/mol. The number of amides is 1. The summed E-state index contributed by atoms with van der Waals surface area (Å²) < 4.78 is 18.8. The molecule has 1 N–H and O–H groups in total. The van der Waals surface area contributed by atoms with Crippen LogP contribution < -0.4 is 4.74 Å². The molecule has 1 atom stereocenters. The summed E-state index contributed by atoms with van der Waals surface area (Å²) in [7, 11) is 1.58. The van der Waals surface area contributed by atoms with E-state index in [0.717, 1.165) is 16.7 Å². The van der Waals surface area contributed by atoms with E-state index in [1.165, 1.54) is 12.1 Å². The first kappa shape index (κ1) is 19.7. The standard InChI is InChI=1S/C25H22FNO3/c1-30-21-13-9-18(10-14-21)22-23(19-7-11-20(26)12-8-19)27(25(29)24(22)28)16-15-17-5-3-2-4-6-17/h2-14,23,28H,15-16H2,1H3/t23-/m1/s1. The van der Waals surface area contributed by atoms with E-state index in [1.807, 2.05) is 42.5 Å². The van der Waals surface area contributed by atoms with Crippen molar-refractivity contribution in [1.29, 1.82) is 0 Å². The van der Waals surface area contributed by atoms with Crippen molar-refractivity contribution in [1.82, 2.24) is 4.90 Å². The molecule has 4 nitrogen and oxygen atoms in total. The maximum atomic E-state index is 13.5. The zero-order valence-corrected chi connectivity index (χ0v) is 16.6. The number of halogens is 1. The second-order valence-corrected chi connectivity index (χ2v) is 7.18. The number of carbonyl (C=O) groups excluding carboxylic acids is 1. The van der Waals surface area contributed by atoms with Crippen molar-refractivity contribution in [3.63, 3.8) is 0 Å². The molecule has 3 aromatic rings. The van der Waals surface area contributed by atoms with Crippen molar-refractivity contribution < 1.29 is 19.0 Å². The average Bonchev–Trinajstić information content (AvgIpc) is 3.04. The maximum Gasteiger partial charge on any atom is 0.289 e. The van der Waals surface area contributed by atoms with Gasteiger partial charge in [-0.05, 0) is 47.4 Å². The van der Waals surface area contributed by atoms with Crippen LogP contribution in [-0.2, 0) is 11.2 Å². The number of methoxy groups -OCH3 is 1. The molecule has 0 aromatic heterocycles. The van der Waals surface area contributed by atoms with Crippen LogP contribution >= 0.6 is 0 Å². The van der Waals surface area contributed by atoms with Gasteiger partial charge in [0.15, 0.2) is 5.76 Å². The highest BCUT2D eigenvalue weighted by Gasteiger charge is 2.40. The van der Waals surface area contributed by atoms with Crippen LogP contribution in [0.4, 0.5) is 4.39 Å². The normalized spacial score (nSPS) is 16.3. The lowest BCUT2D eigenvalue weighted by molar-refractivity contribution is -0.129. The van der Waals surface area contributed by atoms with E-state index in [2.05, 4.69) is 0 Å². The van der Waals surface area contributed by atoms with Gasteiger partial charge >= 0.3 is 0 Å². The van der Waals surface area contributed by atoms with Crippen molar-refractivity contribution in [2.75, 3.05) is 13.7 Å². The Morgan fingerprint density at radius 2 is 1.63 bits per heavy atom. The molecule has 0 fully saturated rings. The molecular weight excluding hydrogens is 381 g/mol. The summed E-state index contributed by atoms with van der Waals surface area (Å²) >= 11 is 0. The zero-order valence-electron chi connectivity index (χ0n) is 16.6. The number of aliphatic hydroxyl groups excluding tert-OH is 1. The van der Waals surface area contributed by atoms with Gasteiger partial charge in [-0.2, -0.15) is 0 Å². The summed E-state index contributed by atoms with van der Waals surface area (Å²) in [5, 5.41) is 10.8. The van der Waals surface area contributed by atoms with Gasteiger partial charge in [-0.25, -0.2) is 4.39 Å². The molecule has 0 aliphatic carbocycles. The van der Waals surface area contributed by atoms with Gasteiger partial charge in [0.05, 0.1) is 13.2 Å². The second kappa shape index (κ2) is 8.41. The second-order valence-electron chi connectivity index (χ2n) is 7.18. The predicted molar refractivity (Wildman–Crippen MR) is 114 cm³/mol. The number of hydrogen-bond acceptors (Lipinski definition) is 3. The molecule has 0 saturated carbocycles. The summed E-state index contributed by atoms with van der Waals surface area (Å²) in [6.45, 7) is 0.425. The Labute approximate surface area is 174 Å². The van der Waals surface area contributed by atoms with Gasteiger partial charge in [-0.3, -0.25) is 4.79 Å². The van der Waals surface area contributed by atoms with Crippen LogP contribution in [-0.4, -0.2) is 29.6 Å². The third kappa shape index (κ3) is 3.79.